The third kappa shape index (κ3) is 5.78. The molecule has 1 amide bonds. The molecule has 0 aliphatic heterocycles. The number of anilines is 1. The summed E-state index contributed by atoms with van der Waals surface area (Å²) in [6, 6.07) is 13.0. The second-order valence-corrected chi connectivity index (χ2v) is 8.97. The summed E-state index contributed by atoms with van der Waals surface area (Å²) in [6.45, 7) is 0.984. The van der Waals surface area contributed by atoms with E-state index in [1.54, 1.807) is 55.1 Å². The van der Waals surface area contributed by atoms with E-state index in [-0.39, 0.29) is 16.7 Å². The fourth-order valence-corrected chi connectivity index (χ4v) is 4.58. The maximum atomic E-state index is 12.6. The number of benzene rings is 1. The van der Waals surface area contributed by atoms with Crippen LogP contribution in [-0.2, 0) is 21.3 Å². The molecule has 0 aliphatic rings. The average molecular weight is 448 g/mol. The Kier molecular flexibility index (Phi) is 7.39. The lowest BCUT2D eigenvalue weighted by molar-refractivity contribution is 0.0950. The van der Waals surface area contributed by atoms with Crippen LogP contribution in [-0.4, -0.2) is 39.6 Å². The molecule has 0 saturated heterocycles. The fraction of sp³-hybridized carbons (Fsp3) is 0.200. The Hall–Kier alpha value is -2.95. The number of carbonyl (C=O) groups excluding carboxylic acids is 1. The zero-order valence-electron chi connectivity index (χ0n) is 16.2. The largest absolute Gasteiger partial charge is 0.475 e. The van der Waals surface area contributed by atoms with E-state index < -0.39 is 10.0 Å². The van der Waals surface area contributed by atoms with E-state index in [0.29, 0.717) is 30.3 Å². The summed E-state index contributed by atoms with van der Waals surface area (Å²) in [4.78, 5) is 16.7. The van der Waals surface area contributed by atoms with E-state index in [4.69, 9.17) is 9.47 Å². The monoisotopic (exact) mass is 447 g/mol. The molecule has 0 aliphatic carbocycles. The molecule has 0 unspecified atom stereocenters. The highest BCUT2D eigenvalue weighted by Crippen LogP contribution is 2.21. The van der Waals surface area contributed by atoms with Crippen molar-refractivity contribution in [1.82, 2.24) is 10.3 Å². The Morgan fingerprint density at radius 3 is 2.77 bits per heavy atom. The number of aromatic nitrogens is 1. The topological polar surface area (TPSA) is 107 Å². The minimum absolute atomic E-state index is 0.204. The number of nitrogens with zero attached hydrogens (tertiary/aromatic N) is 1. The maximum Gasteiger partial charge on any atom is 0.271 e. The first kappa shape index (κ1) is 21.8. The molecule has 8 nitrogen and oxygen atoms in total. The summed E-state index contributed by atoms with van der Waals surface area (Å²) in [7, 11) is -2.10. The Labute approximate surface area is 178 Å². The van der Waals surface area contributed by atoms with Gasteiger partial charge in [0.2, 0.25) is 5.88 Å². The fourth-order valence-electron chi connectivity index (χ4n) is 2.53. The second-order valence-electron chi connectivity index (χ2n) is 6.11. The van der Waals surface area contributed by atoms with Gasteiger partial charge < -0.3 is 14.8 Å². The van der Waals surface area contributed by atoms with E-state index in [2.05, 4.69) is 15.0 Å². The maximum absolute atomic E-state index is 12.6. The number of thiophene rings is 1. The molecule has 30 heavy (non-hydrogen) atoms. The van der Waals surface area contributed by atoms with Gasteiger partial charge >= 0.3 is 0 Å². The molecule has 0 bridgehead atoms. The van der Waals surface area contributed by atoms with Crippen molar-refractivity contribution in [3.63, 3.8) is 0 Å². The number of pyridine rings is 1. The van der Waals surface area contributed by atoms with Crippen LogP contribution in [0.1, 0.15) is 15.9 Å². The van der Waals surface area contributed by atoms with Crippen LogP contribution in [0.2, 0.25) is 0 Å². The van der Waals surface area contributed by atoms with Crippen LogP contribution in [0.3, 0.4) is 0 Å². The normalized spacial score (nSPS) is 11.1. The number of hydrogen-bond acceptors (Lipinski definition) is 7. The molecule has 3 rings (SSSR count). The molecule has 0 radical (unpaired) electrons. The van der Waals surface area contributed by atoms with Gasteiger partial charge in [0.25, 0.3) is 15.9 Å². The highest BCUT2D eigenvalue weighted by molar-refractivity contribution is 7.94. The van der Waals surface area contributed by atoms with Gasteiger partial charge in [0.05, 0.1) is 6.61 Å². The number of ether oxygens (including phenoxy) is 2. The Morgan fingerprint density at radius 2 is 2.00 bits per heavy atom. The highest BCUT2D eigenvalue weighted by Gasteiger charge is 2.16. The molecular weight excluding hydrogens is 426 g/mol. The van der Waals surface area contributed by atoms with Gasteiger partial charge in [-0.1, -0.05) is 18.2 Å². The number of methoxy groups -OCH3 is 1. The standard InChI is InChI=1S/C20H21N3O5S2/c1-27-10-11-28-20-16(6-3-9-21-20)14-22-19(24)15-5-2-7-17(13-15)23-30(25,26)18-8-4-12-29-18/h2-9,12-13,23H,10-11,14H2,1H3,(H,22,24). The Bertz CT molecular complexity index is 1090. The SMILES string of the molecule is COCCOc1ncccc1CNC(=O)c1cccc(NS(=O)(=O)c2cccs2)c1. The van der Waals surface area contributed by atoms with Gasteiger partial charge in [-0.25, -0.2) is 13.4 Å². The van der Waals surface area contributed by atoms with Crippen LogP contribution >= 0.6 is 11.3 Å². The van der Waals surface area contributed by atoms with Crippen molar-refractivity contribution in [2.45, 2.75) is 10.8 Å². The van der Waals surface area contributed by atoms with Crippen LogP contribution in [0.15, 0.2) is 64.3 Å². The first-order valence-electron chi connectivity index (χ1n) is 9.00. The number of rotatable bonds is 10. The van der Waals surface area contributed by atoms with Gasteiger partial charge in [-0.3, -0.25) is 9.52 Å². The van der Waals surface area contributed by atoms with Crippen LogP contribution in [0.5, 0.6) is 5.88 Å². The molecule has 10 heteroatoms. The summed E-state index contributed by atoms with van der Waals surface area (Å²) >= 11 is 1.12. The van der Waals surface area contributed by atoms with Crippen molar-refractivity contribution in [3.8, 4) is 5.88 Å². The zero-order valence-corrected chi connectivity index (χ0v) is 17.8. The summed E-state index contributed by atoms with van der Waals surface area (Å²) in [5.74, 6) is 0.0752. The minimum Gasteiger partial charge on any atom is -0.475 e. The molecule has 2 N–H and O–H groups in total. The van der Waals surface area contributed by atoms with E-state index in [1.165, 1.54) is 12.1 Å². The van der Waals surface area contributed by atoms with E-state index in [9.17, 15) is 13.2 Å². The van der Waals surface area contributed by atoms with E-state index in [1.807, 2.05) is 0 Å². The molecule has 0 atom stereocenters. The summed E-state index contributed by atoms with van der Waals surface area (Å²) < 4.78 is 38.0. The van der Waals surface area contributed by atoms with Crippen molar-refractivity contribution in [2.75, 3.05) is 25.0 Å². The van der Waals surface area contributed by atoms with Gasteiger partial charge in [-0.05, 0) is 35.7 Å². The number of sulfonamides is 1. The van der Waals surface area contributed by atoms with Crippen molar-refractivity contribution < 1.29 is 22.7 Å². The molecule has 2 aromatic heterocycles. The van der Waals surface area contributed by atoms with Crippen molar-refractivity contribution in [3.05, 3.63) is 71.2 Å². The van der Waals surface area contributed by atoms with Gasteiger partial charge in [0, 0.05) is 36.7 Å². The number of nitrogens with one attached hydrogen (secondary N) is 2. The van der Waals surface area contributed by atoms with Gasteiger partial charge in [0.1, 0.15) is 10.8 Å². The van der Waals surface area contributed by atoms with Crippen LogP contribution < -0.4 is 14.8 Å². The molecule has 2 heterocycles. The van der Waals surface area contributed by atoms with Gasteiger partial charge in [-0.15, -0.1) is 11.3 Å². The third-order valence-electron chi connectivity index (χ3n) is 3.95. The summed E-state index contributed by atoms with van der Waals surface area (Å²) in [5.41, 5.74) is 1.35. The first-order chi connectivity index (χ1) is 14.5. The molecule has 0 spiro atoms. The molecule has 0 fully saturated rings. The van der Waals surface area contributed by atoms with Crippen molar-refractivity contribution in [1.29, 1.82) is 0 Å². The van der Waals surface area contributed by atoms with Gasteiger partial charge in [-0.2, -0.15) is 0 Å². The molecule has 0 saturated carbocycles. The predicted octanol–water partition coefficient (Wildman–Crippen LogP) is 2.90. The quantitative estimate of drug-likeness (QED) is 0.463. The lowest BCUT2D eigenvalue weighted by Gasteiger charge is -2.11. The Morgan fingerprint density at radius 1 is 1.13 bits per heavy atom. The number of hydrogen-bond donors (Lipinski definition) is 2. The lowest BCUT2D eigenvalue weighted by Crippen LogP contribution is -2.23. The van der Waals surface area contributed by atoms with E-state index >= 15 is 0 Å². The summed E-state index contributed by atoms with van der Waals surface area (Å²) in [6.07, 6.45) is 1.61. The highest BCUT2D eigenvalue weighted by atomic mass is 32.2. The Balaban J connectivity index is 1.65. The van der Waals surface area contributed by atoms with Gasteiger partial charge in [0.15, 0.2) is 0 Å². The van der Waals surface area contributed by atoms with Crippen molar-refractivity contribution in [2.24, 2.45) is 0 Å². The average Bonchev–Trinajstić information content (AvgIpc) is 3.29. The van der Waals surface area contributed by atoms with Crippen LogP contribution in [0, 0.1) is 0 Å². The number of carbonyl (C=O) groups is 1. The minimum atomic E-state index is -3.68. The number of amides is 1. The smallest absolute Gasteiger partial charge is 0.271 e. The first-order valence-corrected chi connectivity index (χ1v) is 11.4. The van der Waals surface area contributed by atoms with Crippen LogP contribution in [0.25, 0.3) is 0 Å². The van der Waals surface area contributed by atoms with E-state index in [0.717, 1.165) is 16.9 Å². The second kappa shape index (κ2) is 10.2. The third-order valence-corrected chi connectivity index (χ3v) is 6.73. The zero-order chi connectivity index (χ0) is 21.4. The molecule has 158 valence electrons. The molecule has 1 aromatic carbocycles. The van der Waals surface area contributed by atoms with Crippen molar-refractivity contribution >= 4 is 33.0 Å². The van der Waals surface area contributed by atoms with Crippen LogP contribution in [0.4, 0.5) is 5.69 Å². The summed E-state index contributed by atoms with van der Waals surface area (Å²) in [5, 5.41) is 4.48. The molecular formula is C20H21N3O5S2. The predicted molar refractivity (Wildman–Crippen MR) is 114 cm³/mol. The lowest BCUT2D eigenvalue weighted by atomic mass is 10.2. The molecule has 3 aromatic rings.